The van der Waals surface area contributed by atoms with Crippen LogP contribution < -0.4 is 21.1 Å². The molecule has 4 aromatic heterocycles. The average Bonchev–Trinajstić information content (AvgIpc) is 3.90. The Hall–Kier alpha value is -4.86. The van der Waals surface area contributed by atoms with Crippen molar-refractivity contribution >= 4 is 57.7 Å². The van der Waals surface area contributed by atoms with E-state index in [9.17, 15) is 19.2 Å². The van der Waals surface area contributed by atoms with Gasteiger partial charge in [-0.1, -0.05) is 14.9 Å². The molecule has 316 valence electrons. The number of hydrazine groups is 1. The van der Waals surface area contributed by atoms with Crippen LogP contribution in [0.2, 0.25) is 0 Å². The number of aromatic nitrogens is 2. The van der Waals surface area contributed by atoms with E-state index in [1.807, 2.05) is 22.2 Å². The zero-order valence-electron chi connectivity index (χ0n) is 32.7. The zero-order chi connectivity index (χ0) is 39.9. The van der Waals surface area contributed by atoms with Crippen LogP contribution in [0.4, 0.5) is 11.4 Å². The summed E-state index contributed by atoms with van der Waals surface area (Å²) in [5, 5.41) is 4.31. The number of carbonyl (C=O) groups is 4. The fourth-order valence-electron chi connectivity index (χ4n) is 6.62. The number of pyridine rings is 2. The van der Waals surface area contributed by atoms with Crippen molar-refractivity contribution in [2.75, 3.05) is 69.3 Å². The van der Waals surface area contributed by atoms with Gasteiger partial charge in [0.1, 0.15) is 0 Å². The summed E-state index contributed by atoms with van der Waals surface area (Å²) in [6.45, 7) is 9.73. The van der Waals surface area contributed by atoms with Gasteiger partial charge in [-0.05, 0) is 96.8 Å². The number of nitrogens with zero attached hydrogens (tertiary/aromatic N) is 6. The number of rotatable bonds is 14. The summed E-state index contributed by atoms with van der Waals surface area (Å²) in [6.07, 6.45) is 9.83. The van der Waals surface area contributed by atoms with Crippen molar-refractivity contribution in [3.05, 3.63) is 91.8 Å². The number of hydrogen-bond donors (Lipinski definition) is 2. The van der Waals surface area contributed by atoms with E-state index < -0.39 is 0 Å². The van der Waals surface area contributed by atoms with E-state index in [2.05, 4.69) is 77.1 Å². The van der Waals surface area contributed by atoms with Gasteiger partial charge in [0, 0.05) is 93.8 Å². The Morgan fingerprint density at radius 1 is 0.655 bits per heavy atom. The van der Waals surface area contributed by atoms with E-state index >= 15 is 0 Å². The van der Waals surface area contributed by atoms with Crippen molar-refractivity contribution < 1.29 is 23.9 Å². The Morgan fingerprint density at radius 2 is 1.09 bits per heavy atom. The van der Waals surface area contributed by atoms with Gasteiger partial charge in [0.25, 0.3) is 0 Å². The lowest BCUT2D eigenvalue weighted by molar-refractivity contribution is -0.140. The van der Waals surface area contributed by atoms with Crippen LogP contribution >= 0.6 is 22.7 Å². The normalized spacial score (nSPS) is 13.7. The first-order valence-electron chi connectivity index (χ1n) is 19.2. The smallest absolute Gasteiger partial charge is 0.305 e. The largest absolute Gasteiger partial charge is 0.469 e. The molecule has 0 aliphatic carbocycles. The number of esters is 1. The lowest BCUT2D eigenvalue weighted by Gasteiger charge is -2.35. The number of thiophene rings is 2. The van der Waals surface area contributed by atoms with Crippen molar-refractivity contribution in [1.29, 1.82) is 0 Å². The molecule has 6 heterocycles. The molecule has 6 rings (SSSR count). The van der Waals surface area contributed by atoms with Crippen LogP contribution in [0.1, 0.15) is 73.8 Å². The number of carbonyl (C=O) groups excluding carboxylic acids is 4. The van der Waals surface area contributed by atoms with Crippen LogP contribution in [0, 0.1) is 0 Å². The first kappa shape index (κ1) is 47.5. The van der Waals surface area contributed by atoms with Gasteiger partial charge in [-0.3, -0.25) is 34.6 Å². The minimum atomic E-state index is -0.165. The molecular weight excluding hydrogens is 773 g/mol. The monoisotopic (exact) mass is 834 g/mol. The average molecular weight is 835 g/mol. The summed E-state index contributed by atoms with van der Waals surface area (Å²) >= 11 is 3.38. The molecule has 0 bridgehead atoms. The molecule has 3 N–H and O–H groups in total. The van der Waals surface area contributed by atoms with Crippen molar-refractivity contribution in [3.63, 3.8) is 0 Å². The van der Waals surface area contributed by atoms with Crippen LogP contribution in [-0.4, -0.2) is 103 Å². The van der Waals surface area contributed by atoms with Gasteiger partial charge in [-0.25, -0.2) is 5.84 Å². The fourth-order valence-corrected chi connectivity index (χ4v) is 8.48. The van der Waals surface area contributed by atoms with E-state index in [0.717, 1.165) is 114 Å². The third-order valence-corrected chi connectivity index (χ3v) is 12.2. The maximum Gasteiger partial charge on any atom is 0.305 e. The second-order valence-electron chi connectivity index (χ2n) is 14.0. The summed E-state index contributed by atoms with van der Waals surface area (Å²) in [4.78, 5) is 65.3. The van der Waals surface area contributed by atoms with Crippen LogP contribution in [0.15, 0.2) is 59.6 Å². The molecule has 3 amide bonds. The number of hydrogen-bond acceptors (Lipinski definition) is 12. The molecular formula is C43H62N8O5S2. The third kappa shape index (κ3) is 14.8. The fraction of sp³-hybridized carbons (Fsp3) is 0.488. The van der Waals surface area contributed by atoms with Gasteiger partial charge < -0.3 is 24.3 Å². The first-order chi connectivity index (χ1) is 27.1. The Bertz CT molecular complexity index is 1730. The summed E-state index contributed by atoms with van der Waals surface area (Å²) in [6, 6.07) is 12.8. The Kier molecular flexibility index (Phi) is 19.8. The standard InChI is InChI=1S/C21H27N3O3S.C20H27N5O2S.2CH4/c1-16(25)23-9-11-24(12-10-23)19-6-5-18(22-14-19)4-3-17-13-20(28-15-17)7-8-21(26)27-2;1-15(26)24-8-10-25(11-9-24)18-5-4-17(22-13-18)3-2-16-12-19(28-14-16)6-7-20(27)23-21;;/h5-6,13-15H,3-4,7-12H2,1-2H3;4-5,12-14H,2-3,6-11,21H2,1H3,(H,23,27);2*1H4. The van der Waals surface area contributed by atoms with E-state index in [0.29, 0.717) is 12.8 Å². The van der Waals surface area contributed by atoms with Gasteiger partial charge in [0.2, 0.25) is 17.7 Å². The number of methoxy groups -OCH3 is 1. The minimum Gasteiger partial charge on any atom is -0.469 e. The summed E-state index contributed by atoms with van der Waals surface area (Å²) in [7, 11) is 1.42. The molecule has 0 spiro atoms. The molecule has 0 atom stereocenters. The third-order valence-electron chi connectivity index (χ3n) is 10.1. The highest BCUT2D eigenvalue weighted by atomic mass is 32.1. The number of nitrogens with two attached hydrogens (primary N) is 1. The molecule has 15 heteroatoms. The van der Waals surface area contributed by atoms with Gasteiger partial charge in [0.15, 0.2) is 0 Å². The van der Waals surface area contributed by atoms with E-state index in [1.54, 1.807) is 36.5 Å². The molecule has 0 saturated carbocycles. The first-order valence-corrected chi connectivity index (χ1v) is 21.0. The molecule has 2 fully saturated rings. The minimum absolute atomic E-state index is 0. The summed E-state index contributed by atoms with van der Waals surface area (Å²) < 4.78 is 4.69. The topological polar surface area (TPSA) is 154 Å². The molecule has 0 aromatic carbocycles. The maximum absolute atomic E-state index is 11.4. The Morgan fingerprint density at radius 3 is 1.45 bits per heavy atom. The molecule has 4 aromatic rings. The van der Waals surface area contributed by atoms with Crippen molar-refractivity contribution in [3.8, 4) is 0 Å². The van der Waals surface area contributed by atoms with Crippen LogP contribution in [0.3, 0.4) is 0 Å². The van der Waals surface area contributed by atoms with E-state index in [-0.39, 0.29) is 38.5 Å². The van der Waals surface area contributed by atoms with Crippen LogP contribution in [0.5, 0.6) is 0 Å². The van der Waals surface area contributed by atoms with Crippen LogP contribution in [-0.2, 0) is 62.4 Å². The second-order valence-corrected chi connectivity index (χ2v) is 16.0. The lowest BCUT2D eigenvalue weighted by Crippen LogP contribution is -2.48. The van der Waals surface area contributed by atoms with E-state index in [1.165, 1.54) is 28.0 Å². The van der Waals surface area contributed by atoms with Gasteiger partial charge >= 0.3 is 5.97 Å². The molecule has 2 aliphatic rings. The molecule has 13 nitrogen and oxygen atoms in total. The number of amides is 3. The van der Waals surface area contributed by atoms with Gasteiger partial charge in [0.05, 0.1) is 37.3 Å². The van der Waals surface area contributed by atoms with Crippen molar-refractivity contribution in [2.45, 2.75) is 80.1 Å². The predicted octanol–water partition coefficient (Wildman–Crippen LogP) is 5.49. The molecule has 58 heavy (non-hydrogen) atoms. The molecule has 2 saturated heterocycles. The molecule has 0 radical (unpaired) electrons. The lowest BCUT2D eigenvalue weighted by atomic mass is 10.1. The van der Waals surface area contributed by atoms with Crippen molar-refractivity contribution in [2.24, 2.45) is 5.84 Å². The van der Waals surface area contributed by atoms with Gasteiger partial charge in [-0.2, -0.15) is 0 Å². The summed E-state index contributed by atoms with van der Waals surface area (Å²) in [5.74, 6) is 5.10. The second kappa shape index (κ2) is 24.2. The molecule has 0 unspecified atom stereocenters. The highest BCUT2D eigenvalue weighted by molar-refractivity contribution is 7.10. The maximum atomic E-state index is 11.4. The van der Waals surface area contributed by atoms with Crippen molar-refractivity contribution in [1.82, 2.24) is 25.2 Å². The quantitative estimate of drug-likeness (QED) is 0.0722. The van der Waals surface area contributed by atoms with Crippen LogP contribution in [0.25, 0.3) is 0 Å². The highest BCUT2D eigenvalue weighted by Crippen LogP contribution is 2.22. The zero-order valence-corrected chi connectivity index (χ0v) is 34.3. The number of anilines is 2. The predicted molar refractivity (Wildman–Crippen MR) is 235 cm³/mol. The van der Waals surface area contributed by atoms with Gasteiger partial charge in [-0.15, -0.1) is 22.7 Å². The highest BCUT2D eigenvalue weighted by Gasteiger charge is 2.20. The number of piperazine rings is 2. The Balaban J connectivity index is 0.000000300. The number of aryl methyl sites for hydroxylation is 6. The summed E-state index contributed by atoms with van der Waals surface area (Å²) in [5.41, 5.74) is 9.11. The number of ether oxygens (including phenoxy) is 1. The van der Waals surface area contributed by atoms with E-state index in [4.69, 9.17) is 5.84 Å². The SMILES string of the molecule is C.C.CC(=O)N1CCN(c2ccc(CCc3csc(CCC(=O)NN)c3)nc2)CC1.COC(=O)CCc1cc(CCc2ccc(N3CCN(C(C)=O)CC3)cn2)cs1. The molecule has 2 aliphatic heterocycles. The number of nitrogens with one attached hydrogen (secondary N) is 1. The Labute approximate surface area is 352 Å².